The Hall–Kier alpha value is -1.58. The molecule has 0 spiro atoms. The number of allylic oxidation sites excluding steroid dienone is 2. The molecule has 22 heavy (non-hydrogen) atoms. The molecule has 1 aliphatic heterocycles. The van der Waals surface area contributed by atoms with Crippen LogP contribution in [-0.2, 0) is 11.3 Å². The van der Waals surface area contributed by atoms with Crippen LogP contribution in [0.25, 0.3) is 0 Å². The fraction of sp³-hybridized carbons (Fsp3) is 0.667. The van der Waals surface area contributed by atoms with Crippen molar-refractivity contribution in [2.45, 2.75) is 59.9 Å². The van der Waals surface area contributed by atoms with E-state index in [2.05, 4.69) is 31.9 Å². The molecule has 0 N–H and O–H groups in total. The number of aryl methyl sites for hydroxylation is 1. The van der Waals surface area contributed by atoms with E-state index in [0.29, 0.717) is 12.3 Å². The van der Waals surface area contributed by atoms with Crippen molar-refractivity contribution in [3.8, 4) is 0 Å². The molecule has 0 saturated carbocycles. The molecule has 1 aromatic heterocycles. The van der Waals surface area contributed by atoms with Gasteiger partial charge in [0.15, 0.2) is 0 Å². The van der Waals surface area contributed by atoms with E-state index in [9.17, 15) is 4.79 Å². The third-order valence-electron chi connectivity index (χ3n) is 4.54. The Morgan fingerprint density at radius 1 is 1.41 bits per heavy atom. The van der Waals surface area contributed by atoms with Gasteiger partial charge in [-0.3, -0.25) is 9.48 Å². The zero-order valence-electron chi connectivity index (χ0n) is 14.4. The highest BCUT2D eigenvalue weighted by atomic mass is 16.2. The Bertz CT molecular complexity index is 542. The fourth-order valence-electron chi connectivity index (χ4n) is 3.12. The Labute approximate surface area is 134 Å². The maximum atomic E-state index is 12.2. The number of carbonyl (C=O) groups excluding carboxylic acids is 1. The van der Waals surface area contributed by atoms with Crippen molar-refractivity contribution in [1.82, 2.24) is 14.7 Å². The van der Waals surface area contributed by atoms with Crippen LogP contribution >= 0.6 is 0 Å². The first-order valence-electron chi connectivity index (χ1n) is 8.29. The minimum atomic E-state index is 0.250. The number of carbonyl (C=O) groups is 1. The van der Waals surface area contributed by atoms with Crippen LogP contribution in [0.3, 0.4) is 0 Å². The lowest BCUT2D eigenvalue weighted by atomic mass is 9.77. The van der Waals surface area contributed by atoms with E-state index in [-0.39, 0.29) is 5.41 Å². The number of piperidine rings is 1. The van der Waals surface area contributed by atoms with Gasteiger partial charge in [-0.25, -0.2) is 0 Å². The third-order valence-corrected chi connectivity index (χ3v) is 4.54. The van der Waals surface area contributed by atoms with Crippen LogP contribution in [0.1, 0.15) is 52.1 Å². The zero-order valence-corrected chi connectivity index (χ0v) is 14.4. The predicted octanol–water partition coefficient (Wildman–Crippen LogP) is 3.57. The fourth-order valence-corrected chi connectivity index (χ4v) is 3.12. The summed E-state index contributed by atoms with van der Waals surface area (Å²) in [6, 6.07) is 2.00. The Morgan fingerprint density at radius 2 is 2.18 bits per heavy atom. The van der Waals surface area contributed by atoms with Gasteiger partial charge >= 0.3 is 0 Å². The van der Waals surface area contributed by atoms with Gasteiger partial charge in [0, 0.05) is 25.7 Å². The van der Waals surface area contributed by atoms with E-state index in [0.717, 1.165) is 44.6 Å². The van der Waals surface area contributed by atoms with Gasteiger partial charge in [0.2, 0.25) is 5.91 Å². The van der Waals surface area contributed by atoms with Crippen LogP contribution in [0.4, 0.5) is 0 Å². The van der Waals surface area contributed by atoms with Crippen molar-refractivity contribution >= 4 is 5.91 Å². The molecule has 1 atom stereocenters. The molecule has 122 valence electrons. The summed E-state index contributed by atoms with van der Waals surface area (Å²) in [5.41, 5.74) is 2.65. The molecular formula is C18H29N3O. The van der Waals surface area contributed by atoms with Crippen LogP contribution in [0.15, 0.2) is 23.9 Å². The molecule has 1 aromatic rings. The molecule has 1 fully saturated rings. The highest BCUT2D eigenvalue weighted by Crippen LogP contribution is 2.34. The summed E-state index contributed by atoms with van der Waals surface area (Å²) in [4.78, 5) is 14.2. The van der Waals surface area contributed by atoms with Crippen molar-refractivity contribution in [3.63, 3.8) is 0 Å². The number of nitrogens with zero attached hydrogens (tertiary/aromatic N) is 3. The van der Waals surface area contributed by atoms with E-state index in [1.54, 1.807) is 0 Å². The maximum absolute atomic E-state index is 12.2. The molecule has 0 aromatic carbocycles. The molecule has 2 rings (SSSR count). The number of aromatic nitrogens is 2. The van der Waals surface area contributed by atoms with E-state index in [4.69, 9.17) is 0 Å². The zero-order chi connectivity index (χ0) is 16.2. The minimum Gasteiger partial charge on any atom is -0.340 e. The molecule has 1 aliphatic rings. The Kier molecular flexibility index (Phi) is 5.43. The van der Waals surface area contributed by atoms with Gasteiger partial charge in [-0.15, -0.1) is 0 Å². The van der Waals surface area contributed by atoms with Crippen LogP contribution in [0.5, 0.6) is 0 Å². The first kappa shape index (κ1) is 16.8. The number of hydrogen-bond acceptors (Lipinski definition) is 2. The average molecular weight is 303 g/mol. The summed E-state index contributed by atoms with van der Waals surface area (Å²) >= 11 is 0. The summed E-state index contributed by atoms with van der Waals surface area (Å²) < 4.78 is 1.93. The highest BCUT2D eigenvalue weighted by molar-refractivity contribution is 5.77. The third kappa shape index (κ3) is 4.72. The number of amides is 1. The summed E-state index contributed by atoms with van der Waals surface area (Å²) in [7, 11) is 0. The van der Waals surface area contributed by atoms with Crippen molar-refractivity contribution < 1.29 is 4.79 Å². The van der Waals surface area contributed by atoms with Crippen molar-refractivity contribution in [2.24, 2.45) is 5.41 Å². The lowest BCUT2D eigenvalue weighted by molar-refractivity contribution is -0.137. The largest absolute Gasteiger partial charge is 0.340 e. The van der Waals surface area contributed by atoms with Gasteiger partial charge in [-0.2, -0.15) is 5.10 Å². The number of hydrogen-bond donors (Lipinski definition) is 0. The molecule has 2 heterocycles. The molecule has 1 saturated heterocycles. The SMILES string of the molecule is CC(C)=CCC[C@@]1(C)CCC(=O)N(CCn2ccc(C)n2)C1. The minimum absolute atomic E-state index is 0.250. The van der Waals surface area contributed by atoms with Gasteiger partial charge in [-0.05, 0) is 51.5 Å². The Morgan fingerprint density at radius 3 is 2.82 bits per heavy atom. The van der Waals surface area contributed by atoms with Gasteiger partial charge in [0.05, 0.1) is 12.2 Å². The summed E-state index contributed by atoms with van der Waals surface area (Å²) in [6.07, 6.45) is 8.25. The normalized spacial score (nSPS) is 22.0. The second-order valence-corrected chi connectivity index (χ2v) is 7.17. The van der Waals surface area contributed by atoms with Crippen LogP contribution in [0.2, 0.25) is 0 Å². The lowest BCUT2D eigenvalue weighted by Gasteiger charge is -2.40. The average Bonchev–Trinajstić information content (AvgIpc) is 2.85. The summed E-state index contributed by atoms with van der Waals surface area (Å²) in [6.45, 7) is 11.0. The van der Waals surface area contributed by atoms with Gasteiger partial charge in [0.1, 0.15) is 0 Å². The second-order valence-electron chi connectivity index (χ2n) is 7.17. The smallest absolute Gasteiger partial charge is 0.222 e. The molecule has 0 radical (unpaired) electrons. The maximum Gasteiger partial charge on any atom is 0.222 e. The van der Waals surface area contributed by atoms with Crippen molar-refractivity contribution in [3.05, 3.63) is 29.6 Å². The van der Waals surface area contributed by atoms with Crippen LogP contribution in [0, 0.1) is 12.3 Å². The second kappa shape index (κ2) is 7.12. The molecule has 4 heteroatoms. The van der Waals surface area contributed by atoms with E-state index in [1.807, 2.05) is 28.8 Å². The number of rotatable bonds is 6. The molecular weight excluding hydrogens is 274 g/mol. The van der Waals surface area contributed by atoms with Gasteiger partial charge in [-0.1, -0.05) is 18.6 Å². The highest BCUT2D eigenvalue weighted by Gasteiger charge is 2.34. The van der Waals surface area contributed by atoms with Crippen molar-refractivity contribution in [2.75, 3.05) is 13.1 Å². The molecule has 1 amide bonds. The molecule has 0 bridgehead atoms. The van der Waals surface area contributed by atoms with Crippen LogP contribution in [-0.4, -0.2) is 33.7 Å². The monoisotopic (exact) mass is 303 g/mol. The van der Waals surface area contributed by atoms with Gasteiger partial charge in [0.25, 0.3) is 0 Å². The topological polar surface area (TPSA) is 38.1 Å². The molecule has 4 nitrogen and oxygen atoms in total. The van der Waals surface area contributed by atoms with Crippen molar-refractivity contribution in [1.29, 1.82) is 0 Å². The molecule has 0 aliphatic carbocycles. The summed E-state index contributed by atoms with van der Waals surface area (Å²) in [5, 5.41) is 4.40. The lowest BCUT2D eigenvalue weighted by Crippen LogP contribution is -2.46. The predicted molar refractivity (Wildman–Crippen MR) is 89.6 cm³/mol. The standard InChI is InChI=1S/C18H29N3O/c1-15(2)6-5-9-18(4)10-7-17(22)20(14-18)12-13-21-11-8-16(3)19-21/h6,8,11H,5,7,9-10,12-14H2,1-4H3/t18-/m0/s1. The van der Waals surface area contributed by atoms with E-state index < -0.39 is 0 Å². The summed E-state index contributed by atoms with van der Waals surface area (Å²) in [5.74, 6) is 0.295. The van der Waals surface area contributed by atoms with E-state index in [1.165, 1.54) is 5.57 Å². The Balaban J connectivity index is 1.89. The quantitative estimate of drug-likeness (QED) is 0.754. The van der Waals surface area contributed by atoms with E-state index >= 15 is 0 Å². The number of likely N-dealkylation sites (tertiary alicyclic amines) is 1. The first-order chi connectivity index (χ1) is 10.4. The molecule has 0 unspecified atom stereocenters. The van der Waals surface area contributed by atoms with Crippen LogP contribution < -0.4 is 0 Å². The first-order valence-corrected chi connectivity index (χ1v) is 8.29. The van der Waals surface area contributed by atoms with Gasteiger partial charge < -0.3 is 4.90 Å².